The molecule has 0 radical (unpaired) electrons. The van der Waals surface area contributed by atoms with Gasteiger partial charge >= 0.3 is 0 Å². The molecule has 0 spiro atoms. The predicted molar refractivity (Wildman–Crippen MR) is 58.3 cm³/mol. The van der Waals surface area contributed by atoms with Crippen molar-refractivity contribution < 1.29 is 9.84 Å². The first-order valence-electron chi connectivity index (χ1n) is 5.67. The monoisotopic (exact) mass is 200 g/mol. The molecule has 0 amide bonds. The summed E-state index contributed by atoms with van der Waals surface area (Å²) in [5.74, 6) is 0.275. The molecule has 2 heteroatoms. The fourth-order valence-corrected chi connectivity index (χ4v) is 2.70. The Kier molecular flexibility index (Phi) is 3.27. The molecule has 0 saturated carbocycles. The minimum atomic E-state index is -0.211. The van der Waals surface area contributed by atoms with Crippen LogP contribution in [0.15, 0.2) is 0 Å². The lowest BCUT2D eigenvalue weighted by Gasteiger charge is -2.30. The van der Waals surface area contributed by atoms with Gasteiger partial charge in [-0.3, -0.25) is 0 Å². The van der Waals surface area contributed by atoms with Gasteiger partial charge in [-0.25, -0.2) is 0 Å². The van der Waals surface area contributed by atoms with Gasteiger partial charge in [0.25, 0.3) is 0 Å². The maximum absolute atomic E-state index is 10.0. The summed E-state index contributed by atoms with van der Waals surface area (Å²) in [6, 6.07) is 0. The second kappa shape index (κ2) is 3.82. The van der Waals surface area contributed by atoms with Crippen molar-refractivity contribution in [3.8, 4) is 0 Å². The lowest BCUT2D eigenvalue weighted by atomic mass is 9.81. The van der Waals surface area contributed by atoms with Gasteiger partial charge in [0.05, 0.1) is 17.3 Å². The largest absolute Gasteiger partial charge is 0.393 e. The Morgan fingerprint density at radius 2 is 1.93 bits per heavy atom. The molecule has 1 rings (SSSR count). The molecule has 0 aromatic heterocycles. The van der Waals surface area contributed by atoms with E-state index in [0.717, 1.165) is 19.3 Å². The zero-order valence-electron chi connectivity index (χ0n) is 10.1. The van der Waals surface area contributed by atoms with E-state index in [1.54, 1.807) is 0 Å². The van der Waals surface area contributed by atoms with Crippen LogP contribution >= 0.6 is 0 Å². The summed E-state index contributed by atoms with van der Waals surface area (Å²) in [6.07, 6.45) is 2.67. The third kappa shape index (κ3) is 2.48. The molecule has 84 valence electrons. The lowest BCUT2D eigenvalue weighted by molar-refractivity contribution is -0.0881. The maximum atomic E-state index is 10.0. The summed E-state index contributed by atoms with van der Waals surface area (Å²) in [4.78, 5) is 0. The Morgan fingerprint density at radius 3 is 2.29 bits per heavy atom. The van der Waals surface area contributed by atoms with Gasteiger partial charge in [-0.2, -0.15) is 0 Å². The zero-order valence-corrected chi connectivity index (χ0v) is 10.1. The van der Waals surface area contributed by atoms with Crippen LogP contribution in [0, 0.1) is 5.92 Å². The first-order valence-corrected chi connectivity index (χ1v) is 5.67. The highest BCUT2D eigenvalue weighted by atomic mass is 16.5. The fourth-order valence-electron chi connectivity index (χ4n) is 2.70. The van der Waals surface area contributed by atoms with Crippen LogP contribution in [0.3, 0.4) is 0 Å². The number of hydrogen-bond acceptors (Lipinski definition) is 2. The van der Waals surface area contributed by atoms with Crippen molar-refractivity contribution in [1.82, 2.24) is 0 Å². The molecule has 2 atom stereocenters. The summed E-state index contributed by atoms with van der Waals surface area (Å²) in [5.41, 5.74) is -0.263. The van der Waals surface area contributed by atoms with Gasteiger partial charge in [-0.15, -0.1) is 0 Å². The number of ether oxygens (including phenoxy) is 1. The van der Waals surface area contributed by atoms with Crippen molar-refractivity contribution in [3.05, 3.63) is 0 Å². The van der Waals surface area contributed by atoms with Crippen LogP contribution < -0.4 is 0 Å². The van der Waals surface area contributed by atoms with Gasteiger partial charge in [-0.05, 0) is 40.5 Å². The third-order valence-electron chi connectivity index (χ3n) is 3.19. The number of aliphatic hydroxyl groups is 1. The van der Waals surface area contributed by atoms with Crippen molar-refractivity contribution in [2.24, 2.45) is 5.92 Å². The number of aliphatic hydroxyl groups excluding tert-OH is 1. The van der Waals surface area contributed by atoms with Crippen molar-refractivity contribution >= 4 is 0 Å². The Bertz CT molecular complexity index is 196. The van der Waals surface area contributed by atoms with E-state index in [9.17, 15) is 5.11 Å². The lowest BCUT2D eigenvalue weighted by Crippen LogP contribution is -2.36. The van der Waals surface area contributed by atoms with Crippen molar-refractivity contribution in [1.29, 1.82) is 0 Å². The molecule has 0 bridgehead atoms. The molecule has 1 heterocycles. The van der Waals surface area contributed by atoms with E-state index >= 15 is 0 Å². The topological polar surface area (TPSA) is 29.5 Å². The Morgan fingerprint density at radius 1 is 1.36 bits per heavy atom. The predicted octanol–water partition coefficient (Wildman–Crippen LogP) is 2.74. The maximum Gasteiger partial charge on any atom is 0.0687 e. The van der Waals surface area contributed by atoms with Crippen LogP contribution in [0.2, 0.25) is 0 Å². The Labute approximate surface area is 87.7 Å². The van der Waals surface area contributed by atoms with E-state index in [1.807, 2.05) is 0 Å². The average molecular weight is 200 g/mol. The quantitative estimate of drug-likeness (QED) is 0.759. The van der Waals surface area contributed by atoms with Gasteiger partial charge < -0.3 is 9.84 Å². The molecule has 1 aliphatic heterocycles. The Hall–Kier alpha value is -0.0800. The molecule has 2 nitrogen and oxygen atoms in total. The molecule has 1 fully saturated rings. The van der Waals surface area contributed by atoms with Crippen LogP contribution in [0.5, 0.6) is 0 Å². The van der Waals surface area contributed by atoms with Crippen molar-refractivity contribution in [3.63, 3.8) is 0 Å². The van der Waals surface area contributed by atoms with E-state index in [2.05, 4.69) is 34.6 Å². The first kappa shape index (κ1) is 12.0. The van der Waals surface area contributed by atoms with Gasteiger partial charge in [0.2, 0.25) is 0 Å². The summed E-state index contributed by atoms with van der Waals surface area (Å²) in [5, 5.41) is 10.0. The van der Waals surface area contributed by atoms with Gasteiger partial charge in [0.1, 0.15) is 0 Å². The second-order valence-corrected chi connectivity index (χ2v) is 5.63. The summed E-state index contributed by atoms with van der Waals surface area (Å²) in [7, 11) is 0. The molecule has 1 N–H and O–H groups in total. The molecular weight excluding hydrogens is 176 g/mol. The molecule has 0 aliphatic carbocycles. The molecule has 1 saturated heterocycles. The normalized spacial score (nSPS) is 31.7. The van der Waals surface area contributed by atoms with E-state index in [0.29, 0.717) is 0 Å². The highest BCUT2D eigenvalue weighted by Gasteiger charge is 2.48. The summed E-state index contributed by atoms with van der Waals surface area (Å²) >= 11 is 0. The van der Waals surface area contributed by atoms with Gasteiger partial charge in [0.15, 0.2) is 0 Å². The molecular formula is C12H24O2. The van der Waals surface area contributed by atoms with Crippen molar-refractivity contribution in [2.75, 3.05) is 0 Å². The molecule has 1 aliphatic rings. The van der Waals surface area contributed by atoms with Crippen LogP contribution in [-0.4, -0.2) is 22.4 Å². The summed E-state index contributed by atoms with van der Waals surface area (Å²) in [6.45, 7) is 10.5. The van der Waals surface area contributed by atoms with Crippen LogP contribution in [0.25, 0.3) is 0 Å². The highest BCUT2D eigenvalue weighted by molar-refractivity contribution is 4.97. The third-order valence-corrected chi connectivity index (χ3v) is 3.19. The fraction of sp³-hybridized carbons (Fsp3) is 1.00. The van der Waals surface area contributed by atoms with E-state index < -0.39 is 0 Å². The molecule has 2 unspecified atom stereocenters. The number of hydrogen-bond donors (Lipinski definition) is 1. The second-order valence-electron chi connectivity index (χ2n) is 5.63. The van der Waals surface area contributed by atoms with Crippen LogP contribution in [0.1, 0.15) is 53.9 Å². The molecule has 14 heavy (non-hydrogen) atoms. The van der Waals surface area contributed by atoms with Crippen molar-refractivity contribution in [2.45, 2.75) is 71.2 Å². The van der Waals surface area contributed by atoms with E-state index in [-0.39, 0.29) is 23.2 Å². The SMILES string of the molecule is CCCC(O)C1CC(C)(C)OC1(C)C. The number of rotatable bonds is 3. The highest BCUT2D eigenvalue weighted by Crippen LogP contribution is 2.44. The van der Waals surface area contributed by atoms with E-state index in [4.69, 9.17) is 4.74 Å². The van der Waals surface area contributed by atoms with Gasteiger partial charge in [0, 0.05) is 5.92 Å². The Balaban J connectivity index is 2.69. The smallest absolute Gasteiger partial charge is 0.0687 e. The average Bonchev–Trinajstić information content (AvgIpc) is 2.19. The first-order chi connectivity index (χ1) is 6.28. The van der Waals surface area contributed by atoms with Crippen LogP contribution in [-0.2, 0) is 4.74 Å². The van der Waals surface area contributed by atoms with E-state index in [1.165, 1.54) is 0 Å². The minimum Gasteiger partial charge on any atom is -0.393 e. The summed E-state index contributed by atoms with van der Waals surface area (Å²) < 4.78 is 5.96. The van der Waals surface area contributed by atoms with Gasteiger partial charge in [-0.1, -0.05) is 13.3 Å². The molecule has 0 aromatic carbocycles. The minimum absolute atomic E-state index is 0.0805. The van der Waals surface area contributed by atoms with Crippen LogP contribution in [0.4, 0.5) is 0 Å². The standard InChI is InChI=1S/C12H24O2/c1-6-7-10(13)9-8-11(2,3)14-12(9,4)5/h9-10,13H,6-8H2,1-5H3. The zero-order chi connectivity index (χ0) is 11.0. The molecule has 0 aromatic rings.